The number of carbonyl (C=O) groups is 1. The first-order valence-corrected chi connectivity index (χ1v) is 12.4. The van der Waals surface area contributed by atoms with Crippen LogP contribution in [0.15, 0.2) is 42.5 Å². The number of benzene rings is 2. The second kappa shape index (κ2) is 12.6. The number of hydrogen-bond donors (Lipinski definition) is 2. The maximum Gasteiger partial charge on any atom is 0.255 e. The number of aliphatic hydroxyl groups is 1. The van der Waals surface area contributed by atoms with Gasteiger partial charge in [-0.3, -0.25) is 9.69 Å². The average Bonchev–Trinajstić information content (AvgIpc) is 2.83. The van der Waals surface area contributed by atoms with Gasteiger partial charge in [-0.2, -0.15) is 0 Å². The van der Waals surface area contributed by atoms with Crippen LogP contribution in [0, 0.1) is 0 Å². The zero-order chi connectivity index (χ0) is 24.5. The van der Waals surface area contributed by atoms with Gasteiger partial charge in [0.05, 0.1) is 30.1 Å². The van der Waals surface area contributed by atoms with E-state index in [0.717, 1.165) is 49.6 Å². The second-order valence-electron chi connectivity index (χ2n) is 8.88. The van der Waals surface area contributed by atoms with Gasteiger partial charge in [-0.1, -0.05) is 25.1 Å². The van der Waals surface area contributed by atoms with Crippen LogP contribution >= 0.6 is 0 Å². The van der Waals surface area contributed by atoms with E-state index in [0.29, 0.717) is 31.0 Å². The summed E-state index contributed by atoms with van der Waals surface area (Å²) in [5.74, 6) is 1.28. The Hall–Kier alpha value is -2.77. The smallest absolute Gasteiger partial charge is 0.255 e. The molecule has 7 heteroatoms. The average molecular weight is 470 g/mol. The lowest BCUT2D eigenvalue weighted by Gasteiger charge is -2.37. The van der Waals surface area contributed by atoms with Crippen LogP contribution in [0.5, 0.6) is 11.5 Å². The zero-order valence-electron chi connectivity index (χ0n) is 20.9. The number of nitrogens with zero attached hydrogens (tertiary/aromatic N) is 2. The molecule has 0 aliphatic carbocycles. The molecule has 2 aromatic carbocycles. The fourth-order valence-corrected chi connectivity index (χ4v) is 4.14. The van der Waals surface area contributed by atoms with E-state index in [-0.39, 0.29) is 12.0 Å². The minimum atomic E-state index is -0.684. The lowest BCUT2D eigenvalue weighted by atomic mass is 10.0. The molecule has 1 fully saturated rings. The molecule has 1 aliphatic heterocycles. The highest BCUT2D eigenvalue weighted by molar-refractivity contribution is 5.97. The number of amides is 1. The van der Waals surface area contributed by atoms with Gasteiger partial charge < -0.3 is 24.8 Å². The molecule has 1 heterocycles. The number of piperazine rings is 1. The summed E-state index contributed by atoms with van der Waals surface area (Å²) in [5, 5.41) is 13.9. The summed E-state index contributed by atoms with van der Waals surface area (Å²) in [6.07, 6.45) is 0.301. The largest absolute Gasteiger partial charge is 0.493 e. The zero-order valence-corrected chi connectivity index (χ0v) is 20.9. The predicted octanol–water partition coefficient (Wildman–Crippen LogP) is 3.87. The Kier molecular flexibility index (Phi) is 9.60. The van der Waals surface area contributed by atoms with E-state index in [9.17, 15) is 9.90 Å². The van der Waals surface area contributed by atoms with Crippen LogP contribution < -0.4 is 19.7 Å². The number of hydrogen-bond acceptors (Lipinski definition) is 6. The Morgan fingerprint density at radius 1 is 1.06 bits per heavy atom. The molecule has 0 spiro atoms. The van der Waals surface area contributed by atoms with Crippen molar-refractivity contribution in [2.24, 2.45) is 0 Å². The molecule has 0 radical (unpaired) electrons. The van der Waals surface area contributed by atoms with E-state index < -0.39 is 6.10 Å². The quantitative estimate of drug-likeness (QED) is 0.521. The molecule has 1 atom stereocenters. The molecule has 2 aromatic rings. The van der Waals surface area contributed by atoms with Gasteiger partial charge >= 0.3 is 0 Å². The molecule has 0 bridgehead atoms. The topological polar surface area (TPSA) is 74.3 Å². The third-order valence-electron chi connectivity index (χ3n) is 5.84. The predicted molar refractivity (Wildman–Crippen MR) is 136 cm³/mol. The summed E-state index contributed by atoms with van der Waals surface area (Å²) >= 11 is 0. The first-order chi connectivity index (χ1) is 16.4. The third kappa shape index (κ3) is 6.87. The Balaban J connectivity index is 1.63. The molecule has 1 unspecified atom stereocenters. The number of rotatable bonds is 11. The van der Waals surface area contributed by atoms with Crippen molar-refractivity contribution in [2.45, 2.75) is 46.3 Å². The standard InChI is InChI=1S/C27H39N3O4/c1-5-13-28-27(32)22-18-21(11-12-25(22)33-6-2)24(31)19-29-14-16-30(17-15-29)23-9-7-8-10-26(23)34-20(3)4/h7-12,18,20,24,31H,5-6,13-17,19H2,1-4H3,(H,28,32). The van der Waals surface area contributed by atoms with E-state index >= 15 is 0 Å². The maximum absolute atomic E-state index is 12.6. The molecule has 1 aliphatic rings. The normalized spacial score (nSPS) is 15.3. The molecular weight excluding hydrogens is 430 g/mol. The van der Waals surface area contributed by atoms with Crippen molar-refractivity contribution in [3.8, 4) is 11.5 Å². The van der Waals surface area contributed by atoms with Gasteiger partial charge in [-0.25, -0.2) is 0 Å². The van der Waals surface area contributed by atoms with Gasteiger partial charge in [0.1, 0.15) is 11.5 Å². The summed E-state index contributed by atoms with van der Waals surface area (Å²) in [4.78, 5) is 17.2. The molecule has 0 saturated carbocycles. The van der Waals surface area contributed by atoms with Crippen molar-refractivity contribution < 1.29 is 19.4 Å². The molecule has 186 valence electrons. The number of ether oxygens (including phenoxy) is 2. The Morgan fingerprint density at radius 2 is 1.79 bits per heavy atom. The fourth-order valence-electron chi connectivity index (χ4n) is 4.14. The first-order valence-electron chi connectivity index (χ1n) is 12.4. The molecular formula is C27H39N3O4. The lowest BCUT2D eigenvalue weighted by molar-refractivity contribution is 0.0948. The summed E-state index contributed by atoms with van der Waals surface area (Å²) in [5.41, 5.74) is 2.31. The number of nitrogens with one attached hydrogen (secondary N) is 1. The number of carbonyl (C=O) groups excluding carboxylic acids is 1. The van der Waals surface area contributed by atoms with Crippen molar-refractivity contribution >= 4 is 11.6 Å². The molecule has 7 nitrogen and oxygen atoms in total. The summed E-state index contributed by atoms with van der Waals surface area (Å²) in [6.45, 7) is 13.0. The van der Waals surface area contributed by atoms with Gasteiger partial charge in [0.25, 0.3) is 5.91 Å². The summed E-state index contributed by atoms with van der Waals surface area (Å²) in [6, 6.07) is 13.6. The van der Waals surface area contributed by atoms with Gasteiger partial charge in [-0.15, -0.1) is 0 Å². The molecule has 3 rings (SSSR count). The highest BCUT2D eigenvalue weighted by atomic mass is 16.5. The van der Waals surface area contributed by atoms with Crippen LogP contribution in [0.3, 0.4) is 0 Å². The minimum absolute atomic E-state index is 0.126. The van der Waals surface area contributed by atoms with Gasteiger partial charge in [0, 0.05) is 39.3 Å². The Labute approximate surface area is 203 Å². The number of β-amino-alcohol motifs (C(OH)–C–C–N with tert-alkyl or cyclic N) is 1. The van der Waals surface area contributed by atoms with Crippen molar-refractivity contribution in [1.29, 1.82) is 0 Å². The number of anilines is 1. The molecule has 2 N–H and O–H groups in total. The number of para-hydroxylation sites is 2. The first kappa shape index (κ1) is 25.8. The lowest BCUT2D eigenvalue weighted by Crippen LogP contribution is -2.47. The number of aliphatic hydroxyl groups excluding tert-OH is 1. The minimum Gasteiger partial charge on any atom is -0.493 e. The van der Waals surface area contributed by atoms with Gasteiger partial charge in [0.15, 0.2) is 0 Å². The maximum atomic E-state index is 12.6. The Morgan fingerprint density at radius 3 is 2.47 bits per heavy atom. The van der Waals surface area contributed by atoms with Crippen molar-refractivity contribution in [3.63, 3.8) is 0 Å². The van der Waals surface area contributed by atoms with Crippen LogP contribution in [0.1, 0.15) is 56.1 Å². The summed E-state index contributed by atoms with van der Waals surface area (Å²) < 4.78 is 11.6. The van der Waals surface area contributed by atoms with Crippen LogP contribution in [-0.4, -0.2) is 67.9 Å². The van der Waals surface area contributed by atoms with E-state index in [4.69, 9.17) is 9.47 Å². The van der Waals surface area contributed by atoms with Gasteiger partial charge in [0.2, 0.25) is 0 Å². The van der Waals surface area contributed by atoms with E-state index in [1.54, 1.807) is 12.1 Å². The molecule has 1 amide bonds. The van der Waals surface area contributed by atoms with Crippen molar-refractivity contribution in [3.05, 3.63) is 53.6 Å². The van der Waals surface area contributed by atoms with Crippen LogP contribution in [0.4, 0.5) is 5.69 Å². The van der Waals surface area contributed by atoms with Crippen molar-refractivity contribution in [2.75, 3.05) is 50.8 Å². The molecule has 1 saturated heterocycles. The highest BCUT2D eigenvalue weighted by Crippen LogP contribution is 2.30. The van der Waals surface area contributed by atoms with E-state index in [2.05, 4.69) is 21.2 Å². The van der Waals surface area contributed by atoms with E-state index in [1.165, 1.54) is 0 Å². The fraction of sp³-hybridized carbons (Fsp3) is 0.519. The monoisotopic (exact) mass is 469 g/mol. The highest BCUT2D eigenvalue weighted by Gasteiger charge is 2.23. The molecule has 34 heavy (non-hydrogen) atoms. The van der Waals surface area contributed by atoms with Crippen molar-refractivity contribution in [1.82, 2.24) is 10.2 Å². The van der Waals surface area contributed by atoms with Crippen LogP contribution in [0.25, 0.3) is 0 Å². The van der Waals surface area contributed by atoms with Crippen LogP contribution in [-0.2, 0) is 0 Å². The molecule has 0 aromatic heterocycles. The third-order valence-corrected chi connectivity index (χ3v) is 5.84. The summed E-state index contributed by atoms with van der Waals surface area (Å²) in [7, 11) is 0. The SMILES string of the molecule is CCCNC(=O)c1cc(C(O)CN2CCN(c3ccccc3OC(C)C)CC2)ccc1OCC. The van der Waals surface area contributed by atoms with Gasteiger partial charge in [-0.05, 0) is 57.0 Å². The second-order valence-corrected chi connectivity index (χ2v) is 8.88. The Bertz CT molecular complexity index is 926. The van der Waals surface area contributed by atoms with Crippen LogP contribution in [0.2, 0.25) is 0 Å². The van der Waals surface area contributed by atoms with E-state index in [1.807, 2.05) is 52.0 Å².